The van der Waals surface area contributed by atoms with Crippen molar-refractivity contribution in [3.05, 3.63) is 64.7 Å². The molecule has 28 heavy (non-hydrogen) atoms. The van der Waals surface area contributed by atoms with E-state index in [4.69, 9.17) is 17.3 Å². The van der Waals surface area contributed by atoms with Gasteiger partial charge in [0, 0.05) is 42.2 Å². The molecule has 2 aromatic rings. The van der Waals surface area contributed by atoms with Crippen LogP contribution in [0.5, 0.6) is 0 Å². The SMILES string of the molecule is NC(=O)C(CCC=O)N1Cc2c(NCc3ccc(CCl)cc3)cccc2C1=O. The third-order valence-corrected chi connectivity index (χ3v) is 5.23. The van der Waals surface area contributed by atoms with Gasteiger partial charge in [0.05, 0.1) is 0 Å². The molecule has 7 heteroatoms. The van der Waals surface area contributed by atoms with Crippen molar-refractivity contribution >= 4 is 35.4 Å². The molecule has 3 rings (SSSR count). The number of rotatable bonds is 9. The summed E-state index contributed by atoms with van der Waals surface area (Å²) in [5.41, 5.74) is 9.86. The van der Waals surface area contributed by atoms with Crippen LogP contribution >= 0.6 is 11.6 Å². The maximum atomic E-state index is 12.8. The lowest BCUT2D eigenvalue weighted by Crippen LogP contribution is -2.44. The molecule has 1 unspecified atom stereocenters. The van der Waals surface area contributed by atoms with Crippen LogP contribution in [0.15, 0.2) is 42.5 Å². The molecule has 1 aliphatic heterocycles. The number of hydrogen-bond acceptors (Lipinski definition) is 4. The Balaban J connectivity index is 1.77. The summed E-state index contributed by atoms with van der Waals surface area (Å²) in [6.45, 7) is 0.882. The van der Waals surface area contributed by atoms with E-state index in [0.717, 1.165) is 28.7 Å². The first-order valence-electron chi connectivity index (χ1n) is 9.08. The Morgan fingerprint density at radius 2 is 1.93 bits per heavy atom. The van der Waals surface area contributed by atoms with Gasteiger partial charge in [-0.2, -0.15) is 0 Å². The third kappa shape index (κ3) is 4.17. The summed E-state index contributed by atoms with van der Waals surface area (Å²) in [6.07, 6.45) is 1.14. The minimum absolute atomic E-state index is 0.178. The number of nitrogens with two attached hydrogens (primary N) is 1. The average Bonchev–Trinajstić information content (AvgIpc) is 3.04. The van der Waals surface area contributed by atoms with Gasteiger partial charge >= 0.3 is 0 Å². The van der Waals surface area contributed by atoms with Crippen molar-refractivity contribution in [3.63, 3.8) is 0 Å². The Morgan fingerprint density at radius 1 is 1.21 bits per heavy atom. The lowest BCUT2D eigenvalue weighted by molar-refractivity contribution is -0.122. The minimum atomic E-state index is -0.791. The first kappa shape index (κ1) is 19.9. The predicted octanol–water partition coefficient (Wildman–Crippen LogP) is 2.83. The molecule has 146 valence electrons. The Morgan fingerprint density at radius 3 is 2.57 bits per heavy atom. The molecular formula is C21H22ClN3O3. The molecule has 0 aromatic heterocycles. The van der Waals surface area contributed by atoms with Crippen LogP contribution in [0.3, 0.4) is 0 Å². The maximum absolute atomic E-state index is 12.8. The summed E-state index contributed by atoms with van der Waals surface area (Å²) in [6, 6.07) is 12.7. The summed E-state index contributed by atoms with van der Waals surface area (Å²) in [4.78, 5) is 36.8. The molecule has 0 saturated heterocycles. The quantitative estimate of drug-likeness (QED) is 0.501. The second-order valence-electron chi connectivity index (χ2n) is 6.73. The number of anilines is 1. The van der Waals surface area contributed by atoms with Crippen molar-refractivity contribution in [2.45, 2.75) is 37.9 Å². The van der Waals surface area contributed by atoms with Gasteiger partial charge in [0.1, 0.15) is 12.3 Å². The number of nitrogens with one attached hydrogen (secondary N) is 1. The number of nitrogens with zero attached hydrogens (tertiary/aromatic N) is 1. The molecular weight excluding hydrogens is 378 g/mol. The Labute approximate surface area is 168 Å². The van der Waals surface area contributed by atoms with E-state index >= 15 is 0 Å². The van der Waals surface area contributed by atoms with Crippen molar-refractivity contribution in [1.29, 1.82) is 0 Å². The Hall–Kier alpha value is -2.86. The zero-order valence-electron chi connectivity index (χ0n) is 15.4. The van der Waals surface area contributed by atoms with E-state index in [0.29, 0.717) is 18.0 Å². The number of aldehydes is 1. The van der Waals surface area contributed by atoms with Crippen LogP contribution in [-0.2, 0) is 28.6 Å². The lowest BCUT2D eigenvalue weighted by atomic mass is 10.1. The van der Waals surface area contributed by atoms with Gasteiger partial charge in [-0.15, -0.1) is 11.6 Å². The summed E-state index contributed by atoms with van der Waals surface area (Å²) < 4.78 is 0. The number of primary amides is 1. The van der Waals surface area contributed by atoms with Crippen LogP contribution in [0.1, 0.15) is 39.9 Å². The third-order valence-electron chi connectivity index (χ3n) is 4.92. The molecule has 0 radical (unpaired) electrons. The van der Waals surface area contributed by atoms with Crippen LogP contribution in [0.2, 0.25) is 0 Å². The maximum Gasteiger partial charge on any atom is 0.255 e. The van der Waals surface area contributed by atoms with Crippen LogP contribution in [0, 0.1) is 0 Å². The molecule has 0 spiro atoms. The number of hydrogen-bond donors (Lipinski definition) is 2. The van der Waals surface area contributed by atoms with Crippen LogP contribution in [-0.4, -0.2) is 29.0 Å². The molecule has 1 atom stereocenters. The Bertz CT molecular complexity index is 883. The Kier molecular flexibility index (Phi) is 6.31. The van der Waals surface area contributed by atoms with E-state index < -0.39 is 11.9 Å². The fraction of sp³-hybridized carbons (Fsp3) is 0.286. The number of amides is 2. The van der Waals surface area contributed by atoms with E-state index in [9.17, 15) is 14.4 Å². The normalized spacial score (nSPS) is 13.9. The molecule has 0 fully saturated rings. The largest absolute Gasteiger partial charge is 0.381 e. The average molecular weight is 400 g/mol. The molecule has 1 aliphatic rings. The van der Waals surface area contributed by atoms with Crippen molar-refractivity contribution in [2.75, 3.05) is 5.32 Å². The van der Waals surface area contributed by atoms with Crippen molar-refractivity contribution in [1.82, 2.24) is 4.90 Å². The highest BCUT2D eigenvalue weighted by Gasteiger charge is 2.36. The molecule has 2 aromatic carbocycles. The van der Waals surface area contributed by atoms with Gasteiger partial charge in [0.2, 0.25) is 5.91 Å². The van der Waals surface area contributed by atoms with Crippen LogP contribution < -0.4 is 11.1 Å². The van der Waals surface area contributed by atoms with E-state index in [-0.39, 0.29) is 25.3 Å². The summed E-state index contributed by atoms with van der Waals surface area (Å²) >= 11 is 5.82. The summed E-state index contributed by atoms with van der Waals surface area (Å²) in [5.74, 6) is -0.361. The highest BCUT2D eigenvalue weighted by molar-refractivity contribution is 6.17. The molecule has 0 bridgehead atoms. The summed E-state index contributed by atoms with van der Waals surface area (Å²) in [5, 5.41) is 3.37. The minimum Gasteiger partial charge on any atom is -0.381 e. The second-order valence-corrected chi connectivity index (χ2v) is 7.00. The van der Waals surface area contributed by atoms with Gasteiger partial charge in [-0.25, -0.2) is 0 Å². The van der Waals surface area contributed by atoms with Gasteiger partial charge < -0.3 is 20.7 Å². The molecule has 0 saturated carbocycles. The monoisotopic (exact) mass is 399 g/mol. The van der Waals surface area contributed by atoms with Gasteiger partial charge in [-0.1, -0.05) is 30.3 Å². The van der Waals surface area contributed by atoms with Crippen molar-refractivity contribution in [3.8, 4) is 0 Å². The molecule has 6 nitrogen and oxygen atoms in total. The molecule has 0 aliphatic carbocycles. The van der Waals surface area contributed by atoms with Gasteiger partial charge in [0.25, 0.3) is 5.91 Å². The first-order valence-corrected chi connectivity index (χ1v) is 9.62. The van der Waals surface area contributed by atoms with Crippen molar-refractivity contribution in [2.24, 2.45) is 5.73 Å². The van der Waals surface area contributed by atoms with Crippen molar-refractivity contribution < 1.29 is 14.4 Å². The predicted molar refractivity (Wildman–Crippen MR) is 108 cm³/mol. The summed E-state index contributed by atoms with van der Waals surface area (Å²) in [7, 11) is 0. The van der Waals surface area contributed by atoms with Crippen LogP contribution in [0.25, 0.3) is 0 Å². The second kappa shape index (κ2) is 8.89. The molecule has 1 heterocycles. The number of carbonyl (C=O) groups is 3. The number of fused-ring (bicyclic) bond motifs is 1. The highest BCUT2D eigenvalue weighted by atomic mass is 35.5. The fourth-order valence-corrected chi connectivity index (χ4v) is 3.57. The van der Waals surface area contributed by atoms with Gasteiger partial charge in [-0.3, -0.25) is 9.59 Å². The number of alkyl halides is 1. The number of benzene rings is 2. The topological polar surface area (TPSA) is 92.5 Å². The zero-order chi connectivity index (χ0) is 20.1. The van der Waals surface area contributed by atoms with Gasteiger partial charge in [0.15, 0.2) is 0 Å². The van der Waals surface area contributed by atoms with E-state index in [1.54, 1.807) is 6.07 Å². The molecule has 2 amide bonds. The standard InChI is InChI=1S/C21H22ClN3O3/c22-11-14-6-8-15(9-7-14)12-24-18-4-1-3-16-17(18)13-25(21(16)28)19(20(23)27)5-2-10-26/h1,3-4,6-10,19,24H,2,5,11-13H2,(H2,23,27). The molecule has 3 N–H and O–H groups in total. The smallest absolute Gasteiger partial charge is 0.255 e. The fourth-order valence-electron chi connectivity index (χ4n) is 3.39. The van der Waals surface area contributed by atoms with Crippen LogP contribution in [0.4, 0.5) is 5.69 Å². The number of carbonyl (C=O) groups excluding carboxylic acids is 3. The van der Waals surface area contributed by atoms with E-state index in [1.165, 1.54) is 4.90 Å². The first-order chi connectivity index (χ1) is 13.5. The van der Waals surface area contributed by atoms with E-state index in [1.807, 2.05) is 36.4 Å². The number of halogens is 1. The van der Waals surface area contributed by atoms with Gasteiger partial charge in [-0.05, 0) is 29.7 Å². The zero-order valence-corrected chi connectivity index (χ0v) is 16.1. The van der Waals surface area contributed by atoms with E-state index in [2.05, 4.69) is 5.32 Å². The highest BCUT2D eigenvalue weighted by Crippen LogP contribution is 2.31. The lowest BCUT2D eigenvalue weighted by Gasteiger charge is -2.24.